The SMILES string of the molecule is CN=C(NCc1cccc(-c2ncn[nH]2)c1)N1CCC(N2CCOCC2)C1. The zero-order valence-corrected chi connectivity index (χ0v) is 15.8. The largest absolute Gasteiger partial charge is 0.379 e. The molecule has 1 aromatic carbocycles. The van der Waals surface area contributed by atoms with Crippen molar-refractivity contribution in [2.45, 2.75) is 19.0 Å². The van der Waals surface area contributed by atoms with Gasteiger partial charge in [0, 0.05) is 51.4 Å². The molecule has 2 saturated heterocycles. The van der Waals surface area contributed by atoms with E-state index >= 15 is 0 Å². The first-order valence-corrected chi connectivity index (χ1v) is 9.55. The summed E-state index contributed by atoms with van der Waals surface area (Å²) in [4.78, 5) is 13.6. The Kier molecular flexibility index (Phi) is 5.64. The van der Waals surface area contributed by atoms with Crippen LogP contribution in [0.2, 0.25) is 0 Å². The van der Waals surface area contributed by atoms with Gasteiger partial charge in [0.1, 0.15) is 6.33 Å². The molecule has 2 N–H and O–H groups in total. The third kappa shape index (κ3) is 4.28. The Balaban J connectivity index is 1.34. The van der Waals surface area contributed by atoms with Crippen molar-refractivity contribution in [2.24, 2.45) is 4.99 Å². The van der Waals surface area contributed by atoms with Gasteiger partial charge in [-0.05, 0) is 18.1 Å². The molecule has 3 heterocycles. The second kappa shape index (κ2) is 8.49. The normalized spacial score (nSPS) is 21.6. The van der Waals surface area contributed by atoms with E-state index in [0.29, 0.717) is 6.04 Å². The monoisotopic (exact) mass is 369 g/mol. The molecule has 0 aliphatic carbocycles. The molecule has 0 spiro atoms. The van der Waals surface area contributed by atoms with E-state index in [4.69, 9.17) is 4.74 Å². The number of H-pyrrole nitrogens is 1. The van der Waals surface area contributed by atoms with Crippen LogP contribution in [0.3, 0.4) is 0 Å². The first kappa shape index (κ1) is 17.9. The predicted octanol–water partition coefficient (Wildman–Crippen LogP) is 0.954. The molecule has 0 radical (unpaired) electrons. The third-order valence-corrected chi connectivity index (χ3v) is 5.30. The number of nitrogens with zero attached hydrogens (tertiary/aromatic N) is 5. The molecule has 8 nitrogen and oxygen atoms in total. The lowest BCUT2D eigenvalue weighted by molar-refractivity contribution is 0.0195. The Bertz CT molecular complexity index is 755. The standard InChI is InChI=1S/C19H27N7O/c1-20-19(26-6-5-17(13-26)25-7-9-27-10-8-25)21-12-15-3-2-4-16(11-15)18-22-14-23-24-18/h2-4,11,14,17H,5-10,12-13H2,1H3,(H,20,21)(H,22,23,24). The smallest absolute Gasteiger partial charge is 0.193 e. The minimum atomic E-state index is 0.599. The summed E-state index contributed by atoms with van der Waals surface area (Å²) in [6, 6.07) is 8.91. The van der Waals surface area contributed by atoms with E-state index in [1.54, 1.807) is 0 Å². The van der Waals surface area contributed by atoms with Crippen molar-refractivity contribution in [3.05, 3.63) is 36.2 Å². The first-order valence-electron chi connectivity index (χ1n) is 9.55. The number of aromatic nitrogens is 3. The van der Waals surface area contributed by atoms with Crippen molar-refractivity contribution in [1.29, 1.82) is 0 Å². The zero-order valence-electron chi connectivity index (χ0n) is 15.8. The Morgan fingerprint density at radius 3 is 3.00 bits per heavy atom. The molecule has 4 rings (SSSR count). The molecule has 2 aliphatic heterocycles. The van der Waals surface area contributed by atoms with E-state index < -0.39 is 0 Å². The Morgan fingerprint density at radius 1 is 1.33 bits per heavy atom. The molecule has 2 aliphatic rings. The lowest BCUT2D eigenvalue weighted by Gasteiger charge is -2.32. The van der Waals surface area contributed by atoms with E-state index in [0.717, 1.165) is 63.3 Å². The lowest BCUT2D eigenvalue weighted by Crippen LogP contribution is -2.46. The van der Waals surface area contributed by atoms with Crippen LogP contribution in [0, 0.1) is 0 Å². The molecule has 8 heteroatoms. The molecule has 2 fully saturated rings. The van der Waals surface area contributed by atoms with Crippen LogP contribution in [0.25, 0.3) is 11.4 Å². The van der Waals surface area contributed by atoms with Crippen LogP contribution < -0.4 is 5.32 Å². The molecular formula is C19H27N7O. The molecule has 1 unspecified atom stereocenters. The summed E-state index contributed by atoms with van der Waals surface area (Å²) in [6.45, 7) is 6.58. The molecule has 144 valence electrons. The van der Waals surface area contributed by atoms with Crippen LogP contribution in [-0.2, 0) is 11.3 Å². The van der Waals surface area contributed by atoms with Crippen molar-refractivity contribution in [3.8, 4) is 11.4 Å². The number of aromatic amines is 1. The van der Waals surface area contributed by atoms with Gasteiger partial charge >= 0.3 is 0 Å². The summed E-state index contributed by atoms with van der Waals surface area (Å²) in [7, 11) is 1.86. The second-order valence-electron chi connectivity index (χ2n) is 6.97. The highest BCUT2D eigenvalue weighted by Gasteiger charge is 2.30. The summed E-state index contributed by atoms with van der Waals surface area (Å²) < 4.78 is 5.48. The number of nitrogens with one attached hydrogen (secondary N) is 2. The van der Waals surface area contributed by atoms with Crippen molar-refractivity contribution >= 4 is 5.96 Å². The van der Waals surface area contributed by atoms with Gasteiger partial charge < -0.3 is 15.0 Å². The number of ether oxygens (including phenoxy) is 1. The average Bonchev–Trinajstić information content (AvgIpc) is 3.42. The third-order valence-electron chi connectivity index (χ3n) is 5.30. The molecule has 0 bridgehead atoms. The van der Waals surface area contributed by atoms with Gasteiger partial charge in [0.25, 0.3) is 0 Å². The van der Waals surface area contributed by atoms with Crippen LogP contribution in [0.15, 0.2) is 35.6 Å². The maximum absolute atomic E-state index is 5.48. The number of morpholine rings is 1. The summed E-state index contributed by atoms with van der Waals surface area (Å²) in [5.41, 5.74) is 2.23. The molecule has 0 saturated carbocycles. The number of aliphatic imine (C=N–C) groups is 1. The molecule has 0 amide bonds. The molecule has 27 heavy (non-hydrogen) atoms. The van der Waals surface area contributed by atoms with Crippen LogP contribution in [0.5, 0.6) is 0 Å². The van der Waals surface area contributed by atoms with Crippen molar-refractivity contribution < 1.29 is 4.74 Å². The maximum atomic E-state index is 5.48. The zero-order chi connectivity index (χ0) is 18.5. The highest BCUT2D eigenvalue weighted by molar-refractivity contribution is 5.80. The fraction of sp³-hybridized carbons (Fsp3) is 0.526. The van der Waals surface area contributed by atoms with Gasteiger partial charge in [-0.15, -0.1) is 0 Å². The maximum Gasteiger partial charge on any atom is 0.193 e. The van der Waals surface area contributed by atoms with E-state index in [9.17, 15) is 0 Å². The summed E-state index contributed by atoms with van der Waals surface area (Å²) in [5, 5.41) is 10.3. The number of guanidine groups is 1. The van der Waals surface area contributed by atoms with Gasteiger partial charge in [-0.25, -0.2) is 4.98 Å². The van der Waals surface area contributed by atoms with Crippen LogP contribution in [0.1, 0.15) is 12.0 Å². The van der Waals surface area contributed by atoms with E-state index in [-0.39, 0.29) is 0 Å². The number of hydrogen-bond acceptors (Lipinski definition) is 5. The average molecular weight is 369 g/mol. The number of benzene rings is 1. The minimum absolute atomic E-state index is 0.599. The van der Waals surface area contributed by atoms with Gasteiger partial charge in [-0.1, -0.05) is 18.2 Å². The first-order chi connectivity index (χ1) is 13.3. The van der Waals surface area contributed by atoms with E-state index in [1.807, 2.05) is 19.2 Å². The molecule has 2 aromatic rings. The van der Waals surface area contributed by atoms with Crippen LogP contribution in [0.4, 0.5) is 0 Å². The Morgan fingerprint density at radius 2 is 2.22 bits per heavy atom. The van der Waals surface area contributed by atoms with Gasteiger partial charge in [0.05, 0.1) is 13.2 Å². The van der Waals surface area contributed by atoms with Gasteiger partial charge in [-0.3, -0.25) is 15.0 Å². The fourth-order valence-corrected chi connectivity index (χ4v) is 3.86. The van der Waals surface area contributed by atoms with E-state index in [1.165, 1.54) is 18.3 Å². The minimum Gasteiger partial charge on any atom is -0.379 e. The Hall–Kier alpha value is -2.45. The van der Waals surface area contributed by atoms with Gasteiger partial charge in [-0.2, -0.15) is 5.10 Å². The van der Waals surface area contributed by atoms with Gasteiger partial charge in [0.15, 0.2) is 11.8 Å². The topological polar surface area (TPSA) is 81.7 Å². The summed E-state index contributed by atoms with van der Waals surface area (Å²) in [5.74, 6) is 1.75. The molecule has 1 atom stereocenters. The Labute approximate surface area is 159 Å². The summed E-state index contributed by atoms with van der Waals surface area (Å²) in [6.07, 6.45) is 2.71. The summed E-state index contributed by atoms with van der Waals surface area (Å²) >= 11 is 0. The highest BCUT2D eigenvalue weighted by Crippen LogP contribution is 2.18. The van der Waals surface area contributed by atoms with Crippen LogP contribution >= 0.6 is 0 Å². The highest BCUT2D eigenvalue weighted by atomic mass is 16.5. The molecular weight excluding hydrogens is 342 g/mol. The number of likely N-dealkylation sites (tertiary alicyclic amines) is 1. The van der Waals surface area contributed by atoms with Crippen molar-refractivity contribution in [3.63, 3.8) is 0 Å². The van der Waals surface area contributed by atoms with Crippen molar-refractivity contribution in [1.82, 2.24) is 30.3 Å². The quantitative estimate of drug-likeness (QED) is 0.617. The van der Waals surface area contributed by atoms with Gasteiger partial charge in [0.2, 0.25) is 0 Å². The van der Waals surface area contributed by atoms with E-state index in [2.05, 4.69) is 47.4 Å². The second-order valence-corrected chi connectivity index (χ2v) is 6.97. The number of rotatable bonds is 4. The van der Waals surface area contributed by atoms with Crippen LogP contribution in [-0.4, -0.2) is 83.4 Å². The predicted molar refractivity (Wildman–Crippen MR) is 104 cm³/mol. The number of hydrogen-bond donors (Lipinski definition) is 2. The van der Waals surface area contributed by atoms with Crippen molar-refractivity contribution in [2.75, 3.05) is 46.4 Å². The molecule has 1 aromatic heterocycles. The lowest BCUT2D eigenvalue weighted by atomic mass is 10.1. The fourth-order valence-electron chi connectivity index (χ4n) is 3.86.